The van der Waals surface area contributed by atoms with Crippen molar-refractivity contribution in [3.8, 4) is 0 Å². The molecule has 0 aliphatic heterocycles. The Hall–Kier alpha value is -0.340. The van der Waals surface area contributed by atoms with Crippen LogP contribution in [0.2, 0.25) is 0 Å². The van der Waals surface area contributed by atoms with Gasteiger partial charge in [0.05, 0.1) is 11.6 Å². The van der Waals surface area contributed by atoms with Crippen LogP contribution in [-0.2, 0) is 4.74 Å². The summed E-state index contributed by atoms with van der Waals surface area (Å²) in [6.07, 6.45) is 10.2. The lowest BCUT2D eigenvalue weighted by Crippen LogP contribution is -2.50. The minimum Gasteiger partial charge on any atom is -0.374 e. The molecular formula is C16H31NO. The molecule has 106 valence electrons. The molecule has 1 atom stereocenters. The summed E-state index contributed by atoms with van der Waals surface area (Å²) in [5.74, 6) is 0. The van der Waals surface area contributed by atoms with Gasteiger partial charge in [-0.15, -0.1) is 0 Å². The van der Waals surface area contributed by atoms with Gasteiger partial charge in [0.15, 0.2) is 0 Å². The monoisotopic (exact) mass is 253 g/mol. The number of allylic oxidation sites excluding steroid dienone is 1. The van der Waals surface area contributed by atoms with Crippen molar-refractivity contribution in [2.24, 2.45) is 0 Å². The average Bonchev–Trinajstić information content (AvgIpc) is 2.58. The maximum absolute atomic E-state index is 5.98. The Morgan fingerprint density at radius 1 is 1.28 bits per heavy atom. The zero-order valence-electron chi connectivity index (χ0n) is 12.7. The summed E-state index contributed by atoms with van der Waals surface area (Å²) in [7, 11) is 0. The summed E-state index contributed by atoms with van der Waals surface area (Å²) in [6, 6.07) is 0.371. The summed E-state index contributed by atoms with van der Waals surface area (Å²) in [5.41, 5.74) is 1.46. The van der Waals surface area contributed by atoms with Crippen molar-refractivity contribution in [1.29, 1.82) is 0 Å². The van der Waals surface area contributed by atoms with Crippen molar-refractivity contribution >= 4 is 0 Å². The highest BCUT2D eigenvalue weighted by Crippen LogP contribution is 2.27. The average molecular weight is 253 g/mol. The van der Waals surface area contributed by atoms with Crippen LogP contribution in [-0.4, -0.2) is 24.8 Å². The summed E-state index contributed by atoms with van der Waals surface area (Å²) >= 11 is 0. The molecule has 0 saturated carbocycles. The fourth-order valence-electron chi connectivity index (χ4n) is 2.87. The van der Waals surface area contributed by atoms with E-state index in [-0.39, 0.29) is 5.60 Å². The Labute approximate surface area is 113 Å². The minimum absolute atomic E-state index is 0.111. The Balaban J connectivity index is 2.78. The highest BCUT2D eigenvalue weighted by molar-refractivity contribution is 5.17. The SMILES string of the molecule is CCCNC(C1=CCCCCC1)C(C)(C)OCC. The molecule has 0 radical (unpaired) electrons. The molecule has 0 aromatic rings. The van der Waals surface area contributed by atoms with E-state index >= 15 is 0 Å². The predicted molar refractivity (Wildman–Crippen MR) is 79.0 cm³/mol. The maximum atomic E-state index is 5.98. The number of ether oxygens (including phenoxy) is 1. The third-order valence-electron chi connectivity index (χ3n) is 3.76. The van der Waals surface area contributed by atoms with Crippen LogP contribution in [0.15, 0.2) is 11.6 Å². The van der Waals surface area contributed by atoms with E-state index in [1.165, 1.54) is 38.5 Å². The van der Waals surface area contributed by atoms with Gasteiger partial charge >= 0.3 is 0 Å². The second-order valence-electron chi connectivity index (χ2n) is 5.80. The molecule has 1 aliphatic carbocycles. The molecule has 18 heavy (non-hydrogen) atoms. The van der Waals surface area contributed by atoms with Crippen molar-refractivity contribution in [3.05, 3.63) is 11.6 Å². The van der Waals surface area contributed by atoms with Gasteiger partial charge in [-0.25, -0.2) is 0 Å². The normalized spacial score (nSPS) is 19.2. The third kappa shape index (κ3) is 4.74. The number of hydrogen-bond acceptors (Lipinski definition) is 2. The zero-order valence-corrected chi connectivity index (χ0v) is 12.7. The quantitative estimate of drug-likeness (QED) is 0.691. The largest absolute Gasteiger partial charge is 0.374 e. The van der Waals surface area contributed by atoms with Gasteiger partial charge in [-0.05, 0) is 59.4 Å². The van der Waals surface area contributed by atoms with Gasteiger partial charge in [0, 0.05) is 6.61 Å². The first-order valence-electron chi connectivity index (χ1n) is 7.68. The van der Waals surface area contributed by atoms with E-state index < -0.39 is 0 Å². The van der Waals surface area contributed by atoms with Crippen molar-refractivity contribution < 1.29 is 4.74 Å². The smallest absolute Gasteiger partial charge is 0.0816 e. The van der Waals surface area contributed by atoms with Crippen LogP contribution in [0.3, 0.4) is 0 Å². The second kappa shape index (κ2) is 7.96. The molecule has 1 rings (SSSR count). The summed E-state index contributed by atoms with van der Waals surface area (Å²) < 4.78 is 5.98. The molecule has 2 nitrogen and oxygen atoms in total. The number of rotatable bonds is 7. The zero-order chi connectivity index (χ0) is 13.4. The van der Waals surface area contributed by atoms with E-state index in [0.29, 0.717) is 6.04 Å². The van der Waals surface area contributed by atoms with Gasteiger partial charge in [0.1, 0.15) is 0 Å². The highest BCUT2D eigenvalue weighted by Gasteiger charge is 2.32. The van der Waals surface area contributed by atoms with Gasteiger partial charge < -0.3 is 10.1 Å². The molecule has 0 bridgehead atoms. The fourth-order valence-corrected chi connectivity index (χ4v) is 2.87. The standard InChI is InChI=1S/C16H31NO/c1-5-13-17-15(16(3,4)18-6-2)14-11-9-7-8-10-12-14/h11,15,17H,5-10,12-13H2,1-4H3. The van der Waals surface area contributed by atoms with Crippen molar-refractivity contribution in [2.75, 3.05) is 13.2 Å². The van der Waals surface area contributed by atoms with Crippen molar-refractivity contribution in [1.82, 2.24) is 5.32 Å². The first-order valence-corrected chi connectivity index (χ1v) is 7.68. The third-order valence-corrected chi connectivity index (χ3v) is 3.76. The van der Waals surface area contributed by atoms with Crippen LogP contribution in [0, 0.1) is 0 Å². The van der Waals surface area contributed by atoms with E-state index in [4.69, 9.17) is 4.74 Å². The molecule has 1 aliphatic rings. The molecular weight excluding hydrogens is 222 g/mol. The van der Waals surface area contributed by atoms with Crippen LogP contribution in [0.25, 0.3) is 0 Å². The van der Waals surface area contributed by atoms with Crippen molar-refractivity contribution in [2.45, 2.75) is 77.9 Å². The van der Waals surface area contributed by atoms with Crippen LogP contribution < -0.4 is 5.32 Å². The molecule has 1 unspecified atom stereocenters. The van der Waals surface area contributed by atoms with E-state index in [9.17, 15) is 0 Å². The molecule has 0 fully saturated rings. The molecule has 0 amide bonds. The van der Waals surface area contributed by atoms with Gasteiger partial charge in [0.2, 0.25) is 0 Å². The first-order chi connectivity index (χ1) is 8.61. The Morgan fingerprint density at radius 3 is 2.72 bits per heavy atom. The molecule has 0 saturated heterocycles. The lowest BCUT2D eigenvalue weighted by molar-refractivity contribution is -0.0299. The lowest BCUT2D eigenvalue weighted by atomic mass is 9.88. The Morgan fingerprint density at radius 2 is 2.06 bits per heavy atom. The van der Waals surface area contributed by atoms with Gasteiger partial charge in [-0.1, -0.05) is 25.0 Å². The summed E-state index contributed by atoms with van der Waals surface area (Å²) in [5, 5.41) is 3.70. The molecule has 0 spiro atoms. The molecule has 2 heteroatoms. The first kappa shape index (κ1) is 15.7. The Bertz CT molecular complexity index is 258. The highest BCUT2D eigenvalue weighted by atomic mass is 16.5. The number of hydrogen-bond donors (Lipinski definition) is 1. The maximum Gasteiger partial charge on any atom is 0.0816 e. The van der Waals surface area contributed by atoms with Crippen LogP contribution >= 0.6 is 0 Å². The molecule has 0 aromatic heterocycles. The van der Waals surface area contributed by atoms with E-state index in [2.05, 4.69) is 39.1 Å². The topological polar surface area (TPSA) is 21.3 Å². The summed E-state index contributed by atoms with van der Waals surface area (Å²) in [4.78, 5) is 0. The number of nitrogens with one attached hydrogen (secondary N) is 1. The Kier molecular flexibility index (Phi) is 6.95. The van der Waals surface area contributed by atoms with E-state index in [1.807, 2.05) is 0 Å². The van der Waals surface area contributed by atoms with E-state index in [0.717, 1.165) is 13.2 Å². The molecule has 1 N–H and O–H groups in total. The second-order valence-corrected chi connectivity index (χ2v) is 5.80. The predicted octanol–water partition coefficient (Wildman–Crippen LogP) is 4.06. The van der Waals surface area contributed by atoms with Gasteiger partial charge in [0.25, 0.3) is 0 Å². The fraction of sp³-hybridized carbons (Fsp3) is 0.875. The van der Waals surface area contributed by atoms with Crippen LogP contribution in [0.4, 0.5) is 0 Å². The minimum atomic E-state index is -0.111. The lowest BCUT2D eigenvalue weighted by Gasteiger charge is -2.36. The van der Waals surface area contributed by atoms with E-state index in [1.54, 1.807) is 5.57 Å². The van der Waals surface area contributed by atoms with Crippen molar-refractivity contribution in [3.63, 3.8) is 0 Å². The molecule has 0 heterocycles. The summed E-state index contributed by atoms with van der Waals surface area (Å²) in [6.45, 7) is 10.6. The van der Waals surface area contributed by atoms with Crippen LogP contribution in [0.1, 0.15) is 66.2 Å². The van der Waals surface area contributed by atoms with Crippen LogP contribution in [0.5, 0.6) is 0 Å². The van der Waals surface area contributed by atoms with Gasteiger partial charge in [-0.3, -0.25) is 0 Å². The molecule has 0 aromatic carbocycles. The van der Waals surface area contributed by atoms with Gasteiger partial charge in [-0.2, -0.15) is 0 Å².